The van der Waals surface area contributed by atoms with Gasteiger partial charge in [-0.1, -0.05) is 47.1 Å². The number of esters is 1. The highest BCUT2D eigenvalue weighted by Gasteiger charge is 2.24. The van der Waals surface area contributed by atoms with Crippen molar-refractivity contribution in [2.75, 3.05) is 13.7 Å². The minimum Gasteiger partial charge on any atom is -0.497 e. The third-order valence-electron chi connectivity index (χ3n) is 4.15. The van der Waals surface area contributed by atoms with Crippen molar-refractivity contribution in [1.29, 1.82) is 0 Å². The van der Waals surface area contributed by atoms with Crippen LogP contribution >= 0.6 is 11.6 Å². The predicted molar refractivity (Wildman–Crippen MR) is 107 cm³/mol. The summed E-state index contributed by atoms with van der Waals surface area (Å²) in [6.07, 6.45) is 0. The largest absolute Gasteiger partial charge is 0.497 e. The Morgan fingerprint density at radius 3 is 2.72 bits per heavy atom. The van der Waals surface area contributed by atoms with Gasteiger partial charge < -0.3 is 19.3 Å². The normalized spacial score (nSPS) is 10.4. The minimum absolute atomic E-state index is 0.138. The number of hydrogen-bond donors (Lipinski definition) is 1. The van der Waals surface area contributed by atoms with E-state index in [1.54, 1.807) is 38.3 Å². The van der Waals surface area contributed by atoms with E-state index in [1.165, 1.54) is 0 Å². The molecule has 0 aliphatic rings. The fraction of sp³-hybridized carbons (Fsp3) is 0.190. The fourth-order valence-corrected chi connectivity index (χ4v) is 2.91. The van der Waals surface area contributed by atoms with Gasteiger partial charge in [0.05, 0.1) is 12.1 Å². The van der Waals surface area contributed by atoms with Crippen molar-refractivity contribution in [1.82, 2.24) is 10.5 Å². The van der Waals surface area contributed by atoms with E-state index in [9.17, 15) is 9.59 Å². The summed E-state index contributed by atoms with van der Waals surface area (Å²) >= 11 is 6.19. The van der Waals surface area contributed by atoms with Crippen molar-refractivity contribution in [3.63, 3.8) is 0 Å². The molecule has 2 aromatic carbocycles. The van der Waals surface area contributed by atoms with Crippen molar-refractivity contribution in [3.8, 4) is 17.0 Å². The second-order valence-electron chi connectivity index (χ2n) is 6.15. The lowest BCUT2D eigenvalue weighted by Gasteiger charge is -2.08. The number of methoxy groups -OCH3 is 1. The van der Waals surface area contributed by atoms with Gasteiger partial charge in [-0.3, -0.25) is 4.79 Å². The van der Waals surface area contributed by atoms with Crippen LogP contribution in [0.3, 0.4) is 0 Å². The smallest absolute Gasteiger partial charge is 0.344 e. The number of halogens is 1. The average molecular weight is 415 g/mol. The topological polar surface area (TPSA) is 90.7 Å². The van der Waals surface area contributed by atoms with Gasteiger partial charge >= 0.3 is 5.97 Å². The van der Waals surface area contributed by atoms with Crippen molar-refractivity contribution in [2.24, 2.45) is 0 Å². The number of amides is 1. The summed E-state index contributed by atoms with van der Waals surface area (Å²) in [4.78, 5) is 24.6. The van der Waals surface area contributed by atoms with E-state index in [4.69, 9.17) is 25.6 Å². The van der Waals surface area contributed by atoms with Gasteiger partial charge in [0.2, 0.25) is 0 Å². The summed E-state index contributed by atoms with van der Waals surface area (Å²) in [6.45, 7) is 1.44. The molecule has 0 fully saturated rings. The zero-order chi connectivity index (χ0) is 20.8. The zero-order valence-corrected chi connectivity index (χ0v) is 16.7. The van der Waals surface area contributed by atoms with E-state index >= 15 is 0 Å². The lowest BCUT2D eigenvalue weighted by Crippen LogP contribution is -2.28. The molecule has 0 spiro atoms. The third-order valence-corrected chi connectivity index (χ3v) is 4.48. The van der Waals surface area contributed by atoms with Gasteiger partial charge in [0, 0.05) is 12.1 Å². The predicted octanol–water partition coefficient (Wildman–Crippen LogP) is 3.79. The SMILES string of the molecule is COc1cccc(CNC(=O)COC(=O)c2c(-c3ccccc3Cl)noc2C)c1. The van der Waals surface area contributed by atoms with Crippen LogP contribution in [0.1, 0.15) is 21.7 Å². The van der Waals surface area contributed by atoms with Gasteiger partial charge in [-0.15, -0.1) is 0 Å². The molecule has 0 saturated heterocycles. The Morgan fingerprint density at radius 2 is 1.97 bits per heavy atom. The van der Waals surface area contributed by atoms with Crippen LogP contribution in [0.25, 0.3) is 11.3 Å². The molecular weight excluding hydrogens is 396 g/mol. The van der Waals surface area contributed by atoms with Crippen LogP contribution in [0.15, 0.2) is 53.1 Å². The zero-order valence-electron chi connectivity index (χ0n) is 15.9. The molecule has 3 aromatic rings. The molecule has 0 unspecified atom stereocenters. The Hall–Kier alpha value is -3.32. The Kier molecular flexibility index (Phi) is 6.51. The summed E-state index contributed by atoms with van der Waals surface area (Å²) in [5.74, 6) is -0.176. The van der Waals surface area contributed by atoms with Crippen LogP contribution in [-0.2, 0) is 16.1 Å². The number of hydrogen-bond acceptors (Lipinski definition) is 6. The highest BCUT2D eigenvalue weighted by atomic mass is 35.5. The van der Waals surface area contributed by atoms with Gasteiger partial charge in [0.1, 0.15) is 22.8 Å². The molecule has 0 aliphatic heterocycles. The Balaban J connectivity index is 1.62. The van der Waals surface area contributed by atoms with Gasteiger partial charge in [-0.2, -0.15) is 0 Å². The van der Waals surface area contributed by atoms with Crippen molar-refractivity contribution in [3.05, 3.63) is 70.4 Å². The maximum atomic E-state index is 12.5. The molecule has 7 nitrogen and oxygen atoms in total. The molecule has 1 amide bonds. The number of carbonyl (C=O) groups is 2. The molecule has 1 aromatic heterocycles. The Labute approximate surface area is 172 Å². The van der Waals surface area contributed by atoms with Crippen LogP contribution in [0.4, 0.5) is 0 Å². The highest BCUT2D eigenvalue weighted by molar-refractivity contribution is 6.33. The summed E-state index contributed by atoms with van der Waals surface area (Å²) in [6, 6.07) is 14.2. The van der Waals surface area contributed by atoms with Crippen LogP contribution in [0.5, 0.6) is 5.75 Å². The lowest BCUT2D eigenvalue weighted by atomic mass is 10.1. The molecular formula is C21H19ClN2O5. The fourth-order valence-electron chi connectivity index (χ4n) is 2.69. The van der Waals surface area contributed by atoms with Crippen LogP contribution < -0.4 is 10.1 Å². The number of aromatic nitrogens is 1. The first-order valence-electron chi connectivity index (χ1n) is 8.77. The van der Waals surface area contributed by atoms with Crippen molar-refractivity contribution in [2.45, 2.75) is 13.5 Å². The number of benzene rings is 2. The van der Waals surface area contributed by atoms with Gasteiger partial charge in [-0.25, -0.2) is 4.79 Å². The van der Waals surface area contributed by atoms with E-state index in [0.29, 0.717) is 16.3 Å². The van der Waals surface area contributed by atoms with E-state index in [2.05, 4.69) is 10.5 Å². The Bertz CT molecular complexity index is 1030. The molecule has 0 atom stereocenters. The average Bonchev–Trinajstić information content (AvgIpc) is 3.12. The van der Waals surface area contributed by atoms with Crippen molar-refractivity contribution < 1.29 is 23.6 Å². The molecule has 150 valence electrons. The van der Waals surface area contributed by atoms with Gasteiger partial charge in [0.25, 0.3) is 5.91 Å². The van der Waals surface area contributed by atoms with Crippen molar-refractivity contribution >= 4 is 23.5 Å². The third kappa shape index (κ3) is 4.94. The summed E-state index contributed by atoms with van der Waals surface area (Å²) in [5, 5.41) is 7.03. The number of nitrogens with zero attached hydrogens (tertiary/aromatic N) is 1. The number of nitrogens with one attached hydrogen (secondary N) is 1. The molecule has 8 heteroatoms. The van der Waals surface area contributed by atoms with E-state index in [1.807, 2.05) is 24.3 Å². The van der Waals surface area contributed by atoms with Gasteiger partial charge in [0.15, 0.2) is 6.61 Å². The van der Waals surface area contributed by atoms with E-state index < -0.39 is 18.5 Å². The maximum Gasteiger partial charge on any atom is 0.344 e. The molecule has 0 bridgehead atoms. The molecule has 1 N–H and O–H groups in total. The summed E-state index contributed by atoms with van der Waals surface area (Å²) < 4.78 is 15.4. The Morgan fingerprint density at radius 1 is 1.17 bits per heavy atom. The molecule has 0 saturated carbocycles. The number of ether oxygens (including phenoxy) is 2. The molecule has 0 radical (unpaired) electrons. The second-order valence-corrected chi connectivity index (χ2v) is 6.55. The molecule has 0 aliphatic carbocycles. The summed E-state index contributed by atoms with van der Waals surface area (Å²) in [5.41, 5.74) is 1.81. The molecule has 3 rings (SSSR count). The quantitative estimate of drug-likeness (QED) is 0.591. The van der Waals surface area contributed by atoms with E-state index in [-0.39, 0.29) is 23.6 Å². The first-order chi connectivity index (χ1) is 14.0. The molecule has 29 heavy (non-hydrogen) atoms. The van der Waals surface area contributed by atoms with Gasteiger partial charge in [-0.05, 0) is 30.7 Å². The lowest BCUT2D eigenvalue weighted by molar-refractivity contribution is -0.124. The second kappa shape index (κ2) is 9.25. The van der Waals surface area contributed by atoms with Crippen LogP contribution in [0, 0.1) is 6.92 Å². The first-order valence-corrected chi connectivity index (χ1v) is 9.15. The standard InChI is InChI=1S/C21H19ClN2O5/c1-13-19(20(24-29-13)16-8-3-4-9-17(16)22)21(26)28-12-18(25)23-11-14-6-5-7-15(10-14)27-2/h3-10H,11-12H2,1-2H3,(H,23,25). The number of rotatable bonds is 7. The first kappa shape index (κ1) is 20.4. The maximum absolute atomic E-state index is 12.5. The van der Waals surface area contributed by atoms with E-state index in [0.717, 1.165) is 5.56 Å². The number of carbonyl (C=O) groups excluding carboxylic acids is 2. The highest BCUT2D eigenvalue weighted by Crippen LogP contribution is 2.31. The van der Waals surface area contributed by atoms with Crippen LogP contribution in [-0.4, -0.2) is 30.7 Å². The summed E-state index contributed by atoms with van der Waals surface area (Å²) in [7, 11) is 1.57. The minimum atomic E-state index is -0.713. The number of aryl methyl sites for hydroxylation is 1. The van der Waals surface area contributed by atoms with Crippen LogP contribution in [0.2, 0.25) is 5.02 Å². The monoisotopic (exact) mass is 414 g/mol. The molecule has 1 heterocycles.